The molecule has 16 nitrogen and oxygen atoms in total. The van der Waals surface area contributed by atoms with Crippen molar-refractivity contribution >= 4 is 41.2 Å². The maximum absolute atomic E-state index is 13.7. The van der Waals surface area contributed by atoms with Crippen LogP contribution < -0.4 is 29.4 Å². The first kappa shape index (κ1) is 49.6. The van der Waals surface area contributed by atoms with Crippen molar-refractivity contribution in [3.8, 4) is 40.5 Å². The Balaban J connectivity index is 1.09. The van der Waals surface area contributed by atoms with Crippen molar-refractivity contribution in [3.05, 3.63) is 88.3 Å². The molecular weight excluding hydrogens is 887 g/mol. The van der Waals surface area contributed by atoms with Gasteiger partial charge >= 0.3 is 0 Å². The smallest absolute Gasteiger partial charge is 0.257 e. The van der Waals surface area contributed by atoms with Crippen LogP contribution >= 0.6 is 11.8 Å². The van der Waals surface area contributed by atoms with E-state index in [1.807, 2.05) is 56.8 Å². The van der Waals surface area contributed by atoms with E-state index < -0.39 is 0 Å². The van der Waals surface area contributed by atoms with Crippen LogP contribution in [0.1, 0.15) is 92.9 Å². The van der Waals surface area contributed by atoms with E-state index in [0.29, 0.717) is 101 Å². The first-order valence-electron chi connectivity index (χ1n) is 23.1. The standard InChI is InChI=1S/C51H65N7O9S/c1-10-13-56-47(59)24-46(50(56)62)68-51(5,6)30-55(7)14-15-65-37-18-34(28-66-44-22-40(52)38(20-42(44)63-8)48(60)57-26-32(11-2)16-31(57)4)54-35(19-37)29-67-45-23-41-39(21-43(45)64-9)49(61)58-27-33(12-3)17-36(58)25-53-41/h11-12,18-25,31,36,59,62H,10,13-17,26-30,52H2,1-9H3/t31-,36+/m1/s1. The number of rotatable bonds is 19. The molecule has 0 bridgehead atoms. The second kappa shape index (κ2) is 21.3. The lowest BCUT2D eigenvalue weighted by Gasteiger charge is -2.29. The highest BCUT2D eigenvalue weighted by atomic mass is 32.2. The fraction of sp³-hybridized carbons (Fsp3) is 0.451. The number of allylic oxidation sites excluding steroid dienone is 2. The largest absolute Gasteiger partial charge is 0.494 e. The lowest BCUT2D eigenvalue weighted by molar-refractivity contribution is 0.0748. The van der Waals surface area contributed by atoms with E-state index in [4.69, 9.17) is 39.4 Å². The molecule has 364 valence electrons. The van der Waals surface area contributed by atoms with Gasteiger partial charge in [0.05, 0.1) is 53.4 Å². The molecule has 2 aromatic heterocycles. The number of ether oxygens (including phenoxy) is 5. The number of hydrogen-bond acceptors (Lipinski definition) is 14. The van der Waals surface area contributed by atoms with E-state index in [0.717, 1.165) is 19.3 Å². The molecule has 4 aromatic rings. The van der Waals surface area contributed by atoms with Crippen molar-refractivity contribution in [1.29, 1.82) is 0 Å². The van der Waals surface area contributed by atoms with E-state index in [9.17, 15) is 19.8 Å². The highest BCUT2D eigenvalue weighted by Crippen LogP contribution is 2.43. The second-order valence-electron chi connectivity index (χ2n) is 18.1. The summed E-state index contributed by atoms with van der Waals surface area (Å²) in [6, 6.07) is 11.8. The topological polar surface area (TPSA) is 187 Å². The molecule has 0 unspecified atom stereocenters. The van der Waals surface area contributed by atoms with Crippen LogP contribution in [0, 0.1) is 0 Å². The minimum atomic E-state index is -0.316. The molecule has 0 aliphatic carbocycles. The highest BCUT2D eigenvalue weighted by Gasteiger charge is 2.35. The summed E-state index contributed by atoms with van der Waals surface area (Å²) < 4.78 is 31.7. The zero-order valence-corrected chi connectivity index (χ0v) is 41.4. The molecular formula is C51H65N7O9S. The molecule has 0 radical (unpaired) electrons. The van der Waals surface area contributed by atoms with Gasteiger partial charge in [-0.2, -0.15) is 0 Å². The number of fused-ring (bicyclic) bond motifs is 2. The highest BCUT2D eigenvalue weighted by molar-refractivity contribution is 8.00. The Morgan fingerprint density at radius 1 is 0.926 bits per heavy atom. The third-order valence-corrected chi connectivity index (χ3v) is 13.6. The summed E-state index contributed by atoms with van der Waals surface area (Å²) in [6.07, 6.45) is 8.28. The first-order chi connectivity index (χ1) is 32.5. The Morgan fingerprint density at radius 2 is 1.59 bits per heavy atom. The fourth-order valence-electron chi connectivity index (χ4n) is 8.92. The summed E-state index contributed by atoms with van der Waals surface area (Å²) >= 11 is 1.51. The molecule has 2 saturated heterocycles. The summed E-state index contributed by atoms with van der Waals surface area (Å²) in [6.45, 7) is 15.4. The predicted octanol–water partition coefficient (Wildman–Crippen LogP) is 8.40. The average Bonchev–Trinajstić information content (AvgIpc) is 3.97. The van der Waals surface area contributed by atoms with Crippen LogP contribution in [-0.4, -0.2) is 123 Å². The minimum absolute atomic E-state index is 0.000394. The lowest BCUT2D eigenvalue weighted by Crippen LogP contribution is -2.36. The van der Waals surface area contributed by atoms with Crippen molar-refractivity contribution in [2.75, 3.05) is 59.8 Å². The number of nitrogen functional groups attached to an aromatic ring is 1. The summed E-state index contributed by atoms with van der Waals surface area (Å²) in [4.78, 5) is 43.4. The molecule has 68 heavy (non-hydrogen) atoms. The molecule has 2 atom stereocenters. The van der Waals surface area contributed by atoms with Gasteiger partial charge in [-0.1, -0.05) is 30.2 Å². The van der Waals surface area contributed by atoms with Crippen LogP contribution in [0.25, 0.3) is 0 Å². The van der Waals surface area contributed by atoms with Crippen LogP contribution in [0.2, 0.25) is 0 Å². The number of pyridine rings is 1. The zero-order valence-electron chi connectivity index (χ0n) is 40.6. The molecule has 4 N–H and O–H groups in total. The SMILES string of the molecule is CC=C1C[C@@H](C)N(C(=O)c2cc(OC)c(OCc3cc(OCCN(C)CC(C)(C)Sc4cc(O)n(CCC)c4O)cc(COc4cc5c(cc4OC)C(=O)N4CC(=CC)C[C@H]4C=N5)n3)cc2N)C1. The van der Waals surface area contributed by atoms with Gasteiger partial charge in [0, 0.05) is 85.7 Å². The summed E-state index contributed by atoms with van der Waals surface area (Å²) in [7, 11) is 5.05. The molecule has 2 aromatic carbocycles. The Kier molecular flexibility index (Phi) is 15.5. The van der Waals surface area contributed by atoms with Crippen molar-refractivity contribution in [2.45, 2.75) is 102 Å². The second-order valence-corrected chi connectivity index (χ2v) is 19.9. The van der Waals surface area contributed by atoms with Gasteiger partial charge in [0.25, 0.3) is 11.8 Å². The number of methoxy groups -OCH3 is 2. The van der Waals surface area contributed by atoms with Gasteiger partial charge in [-0.15, -0.1) is 11.8 Å². The van der Waals surface area contributed by atoms with Crippen LogP contribution in [0.4, 0.5) is 11.4 Å². The number of carbonyl (C=O) groups is 2. The van der Waals surface area contributed by atoms with Gasteiger partial charge in [-0.25, -0.2) is 0 Å². The lowest BCUT2D eigenvalue weighted by atomic mass is 10.1. The van der Waals surface area contributed by atoms with Crippen molar-refractivity contribution in [3.63, 3.8) is 0 Å². The third kappa shape index (κ3) is 11.2. The molecule has 17 heteroatoms. The van der Waals surface area contributed by atoms with Crippen LogP contribution in [0.5, 0.6) is 40.5 Å². The zero-order chi connectivity index (χ0) is 48.9. The number of amides is 2. The minimum Gasteiger partial charge on any atom is -0.494 e. The van der Waals surface area contributed by atoms with E-state index in [1.54, 1.807) is 36.4 Å². The Bertz CT molecular complexity index is 2610. The number of thioether (sulfide) groups is 1. The van der Waals surface area contributed by atoms with E-state index in [2.05, 4.69) is 30.9 Å². The Hall–Kier alpha value is -6.33. The van der Waals surface area contributed by atoms with Gasteiger partial charge < -0.3 is 54.3 Å². The molecule has 3 aliphatic heterocycles. The number of nitrogens with zero attached hydrogens (tertiary/aromatic N) is 6. The summed E-state index contributed by atoms with van der Waals surface area (Å²) in [5, 5.41) is 21.2. The maximum atomic E-state index is 13.7. The number of nitrogens with two attached hydrogens (primary N) is 1. The molecule has 3 aliphatic rings. The van der Waals surface area contributed by atoms with Gasteiger partial charge in [0.1, 0.15) is 25.6 Å². The number of likely N-dealkylation sites (tertiary alicyclic amines) is 1. The number of aromatic nitrogens is 2. The number of carbonyl (C=O) groups excluding carboxylic acids is 2. The molecule has 2 fully saturated rings. The fourth-order valence-corrected chi connectivity index (χ4v) is 10.2. The Labute approximate surface area is 403 Å². The monoisotopic (exact) mass is 951 g/mol. The molecule has 0 saturated carbocycles. The first-order valence-corrected chi connectivity index (χ1v) is 23.9. The Morgan fingerprint density at radius 3 is 2.24 bits per heavy atom. The van der Waals surface area contributed by atoms with E-state index >= 15 is 0 Å². The number of aromatic hydroxyl groups is 2. The van der Waals surface area contributed by atoms with Gasteiger partial charge in [0.15, 0.2) is 28.9 Å². The molecule has 7 rings (SSSR count). The van der Waals surface area contributed by atoms with Crippen molar-refractivity contribution in [1.82, 2.24) is 24.3 Å². The van der Waals surface area contributed by atoms with Crippen LogP contribution in [0.3, 0.4) is 0 Å². The van der Waals surface area contributed by atoms with Gasteiger partial charge in [0.2, 0.25) is 5.88 Å². The van der Waals surface area contributed by atoms with Crippen LogP contribution in [0.15, 0.2) is 75.7 Å². The molecule has 0 spiro atoms. The van der Waals surface area contributed by atoms with Crippen molar-refractivity contribution < 1.29 is 43.5 Å². The quantitative estimate of drug-likeness (QED) is 0.0463. The number of benzene rings is 2. The van der Waals surface area contributed by atoms with Gasteiger partial charge in [-0.05, 0) is 73.1 Å². The number of anilines is 1. The summed E-state index contributed by atoms with van der Waals surface area (Å²) in [5.74, 6) is 1.85. The number of hydrogen-bond donors (Lipinski definition) is 3. The maximum Gasteiger partial charge on any atom is 0.257 e. The van der Waals surface area contributed by atoms with E-state index in [-0.39, 0.29) is 59.3 Å². The number of likely N-dealkylation sites (N-methyl/N-ethyl adjacent to an activating group) is 1. The molecule has 5 heterocycles. The molecule has 2 amide bonds. The van der Waals surface area contributed by atoms with Crippen molar-refractivity contribution in [2.24, 2.45) is 4.99 Å². The summed E-state index contributed by atoms with van der Waals surface area (Å²) in [5.41, 5.74) is 11.5. The number of aliphatic imine (C=N–C) groups is 1. The third-order valence-electron chi connectivity index (χ3n) is 12.4. The average molecular weight is 952 g/mol. The van der Waals surface area contributed by atoms with Gasteiger partial charge in [-0.3, -0.25) is 24.1 Å². The van der Waals surface area contributed by atoms with E-state index in [1.165, 1.54) is 41.7 Å². The predicted molar refractivity (Wildman–Crippen MR) is 265 cm³/mol. The van der Waals surface area contributed by atoms with Crippen LogP contribution in [-0.2, 0) is 19.8 Å². The normalized spacial score (nSPS) is 18.1.